The summed E-state index contributed by atoms with van der Waals surface area (Å²) in [4.78, 5) is 18.9. The second-order valence-corrected chi connectivity index (χ2v) is 6.56. The Bertz CT molecular complexity index is 606. The Morgan fingerprint density at radius 1 is 1.11 bits per heavy atom. The Hall–Kier alpha value is -1.39. The molecular weight excluding hydrogens is 469 g/mol. The molecule has 0 radical (unpaired) electrons. The number of carbonyl (C=O) groups is 1. The zero-order chi connectivity index (χ0) is 19.3. The van der Waals surface area contributed by atoms with Crippen LogP contribution in [0.4, 0.5) is 0 Å². The summed E-state index contributed by atoms with van der Waals surface area (Å²) >= 11 is 0. The van der Waals surface area contributed by atoms with Gasteiger partial charge in [-0.3, -0.25) is 9.69 Å². The van der Waals surface area contributed by atoms with Crippen LogP contribution in [0.25, 0.3) is 0 Å². The summed E-state index contributed by atoms with van der Waals surface area (Å²) in [5.41, 5.74) is 2.50. The maximum absolute atomic E-state index is 11.8. The average Bonchev–Trinajstić information content (AvgIpc) is 2.70. The maximum Gasteiger partial charge on any atom is 0.239 e. The van der Waals surface area contributed by atoms with Crippen LogP contribution < -0.4 is 16.0 Å². The van der Waals surface area contributed by atoms with Crippen molar-refractivity contribution in [2.24, 2.45) is 4.99 Å². The van der Waals surface area contributed by atoms with E-state index in [1.165, 1.54) is 11.1 Å². The number of halogens is 1. The second-order valence-electron chi connectivity index (χ2n) is 6.56. The lowest BCUT2D eigenvalue weighted by Crippen LogP contribution is -2.43. The first kappa shape index (κ1) is 24.6. The van der Waals surface area contributed by atoms with E-state index < -0.39 is 0 Å². The molecule has 0 aromatic heterocycles. The molecule has 7 nitrogen and oxygen atoms in total. The van der Waals surface area contributed by atoms with Gasteiger partial charge in [-0.2, -0.15) is 0 Å². The van der Waals surface area contributed by atoms with Crippen molar-refractivity contribution in [2.45, 2.75) is 33.4 Å². The minimum Gasteiger partial charge on any atom is -0.379 e. The summed E-state index contributed by atoms with van der Waals surface area (Å²) in [6, 6.07) is 8.41. The van der Waals surface area contributed by atoms with Gasteiger partial charge in [0.2, 0.25) is 5.91 Å². The predicted molar refractivity (Wildman–Crippen MR) is 124 cm³/mol. The maximum atomic E-state index is 11.8. The summed E-state index contributed by atoms with van der Waals surface area (Å²) in [6.07, 6.45) is 0.930. The number of guanidine groups is 1. The van der Waals surface area contributed by atoms with Crippen molar-refractivity contribution in [1.82, 2.24) is 20.9 Å². The van der Waals surface area contributed by atoms with Gasteiger partial charge in [0.15, 0.2) is 5.96 Å². The predicted octanol–water partition coefficient (Wildman–Crippen LogP) is 1.72. The minimum absolute atomic E-state index is 0. The van der Waals surface area contributed by atoms with Gasteiger partial charge < -0.3 is 20.7 Å². The molecule has 158 valence electrons. The molecule has 8 heteroatoms. The molecule has 28 heavy (non-hydrogen) atoms. The molecule has 1 aromatic rings. The lowest BCUT2D eigenvalue weighted by atomic mass is 10.1. The molecule has 0 bridgehead atoms. The second kappa shape index (κ2) is 14.6. The zero-order valence-corrected chi connectivity index (χ0v) is 19.3. The third kappa shape index (κ3) is 9.20. The van der Waals surface area contributed by atoms with Gasteiger partial charge in [-0.1, -0.05) is 31.2 Å². The topological polar surface area (TPSA) is 78.0 Å². The lowest BCUT2D eigenvalue weighted by Gasteiger charge is -2.27. The normalized spacial score (nSPS) is 14.9. The monoisotopic (exact) mass is 503 g/mol. The summed E-state index contributed by atoms with van der Waals surface area (Å²) in [6.45, 7) is 10.7. The lowest BCUT2D eigenvalue weighted by molar-refractivity contribution is -0.120. The van der Waals surface area contributed by atoms with Gasteiger partial charge in [-0.05, 0) is 24.5 Å². The molecule has 1 heterocycles. The van der Waals surface area contributed by atoms with Gasteiger partial charge in [0, 0.05) is 32.7 Å². The summed E-state index contributed by atoms with van der Waals surface area (Å²) in [7, 11) is 0. The largest absolute Gasteiger partial charge is 0.379 e. The molecule has 0 unspecified atom stereocenters. The first-order valence-corrected chi connectivity index (χ1v) is 9.88. The number of nitrogens with zero attached hydrogens (tertiary/aromatic N) is 2. The molecule has 0 atom stereocenters. The summed E-state index contributed by atoms with van der Waals surface area (Å²) in [5, 5.41) is 9.16. The van der Waals surface area contributed by atoms with Crippen LogP contribution in [0.5, 0.6) is 0 Å². The molecule has 1 aromatic carbocycles. The van der Waals surface area contributed by atoms with Crippen LogP contribution >= 0.6 is 24.0 Å². The number of hydrogen-bond donors (Lipinski definition) is 3. The van der Waals surface area contributed by atoms with E-state index in [0.717, 1.165) is 45.8 Å². The number of aliphatic imine (C=N–C) groups is 1. The number of hydrogen-bond acceptors (Lipinski definition) is 4. The van der Waals surface area contributed by atoms with Crippen LogP contribution in [-0.4, -0.2) is 62.7 Å². The van der Waals surface area contributed by atoms with Gasteiger partial charge in [0.25, 0.3) is 0 Å². The van der Waals surface area contributed by atoms with E-state index in [1.54, 1.807) is 0 Å². The number of rotatable bonds is 9. The highest BCUT2D eigenvalue weighted by molar-refractivity contribution is 14.0. The van der Waals surface area contributed by atoms with Crippen LogP contribution in [0.15, 0.2) is 29.3 Å². The fourth-order valence-electron chi connectivity index (χ4n) is 2.86. The van der Waals surface area contributed by atoms with Gasteiger partial charge in [-0.15, -0.1) is 24.0 Å². The van der Waals surface area contributed by atoms with E-state index in [9.17, 15) is 4.79 Å². The number of amides is 1. The van der Waals surface area contributed by atoms with Crippen LogP contribution in [0, 0.1) is 0 Å². The van der Waals surface area contributed by atoms with Crippen molar-refractivity contribution in [3.05, 3.63) is 35.4 Å². The van der Waals surface area contributed by atoms with E-state index >= 15 is 0 Å². The van der Waals surface area contributed by atoms with E-state index in [1.807, 2.05) is 19.9 Å². The number of benzene rings is 1. The zero-order valence-electron chi connectivity index (χ0n) is 17.0. The molecule has 3 N–H and O–H groups in total. The molecular formula is C20H34IN5O2. The number of carbonyl (C=O) groups excluding carboxylic acids is 1. The highest BCUT2D eigenvalue weighted by Gasteiger charge is 2.12. The van der Waals surface area contributed by atoms with Crippen molar-refractivity contribution in [3.8, 4) is 0 Å². The van der Waals surface area contributed by atoms with Crippen LogP contribution in [-0.2, 0) is 22.6 Å². The van der Waals surface area contributed by atoms with Crippen LogP contribution in [0.3, 0.4) is 0 Å². The van der Waals surface area contributed by atoms with Crippen molar-refractivity contribution in [1.29, 1.82) is 0 Å². The molecule has 0 spiro atoms. The Morgan fingerprint density at radius 2 is 1.82 bits per heavy atom. The fraction of sp³-hybridized carbons (Fsp3) is 0.600. The van der Waals surface area contributed by atoms with Crippen LogP contribution in [0.1, 0.15) is 31.4 Å². The van der Waals surface area contributed by atoms with Crippen molar-refractivity contribution >= 4 is 35.8 Å². The highest BCUT2D eigenvalue weighted by Crippen LogP contribution is 2.14. The Kier molecular flexibility index (Phi) is 12.8. The fourth-order valence-corrected chi connectivity index (χ4v) is 2.86. The SMILES string of the molecule is CCCNC(=O)CNC(=NCc1ccccc1CN1CCOCC1)NCC.I. The molecule has 1 aliphatic rings. The number of nitrogens with one attached hydrogen (secondary N) is 3. The molecule has 1 fully saturated rings. The summed E-state index contributed by atoms with van der Waals surface area (Å²) in [5.74, 6) is 0.639. The van der Waals surface area contributed by atoms with Crippen molar-refractivity contribution in [2.75, 3.05) is 45.9 Å². The number of ether oxygens (including phenoxy) is 1. The first-order chi connectivity index (χ1) is 13.2. The highest BCUT2D eigenvalue weighted by atomic mass is 127. The van der Waals surface area contributed by atoms with E-state index in [2.05, 4.69) is 44.0 Å². The standard InChI is InChI=1S/C20H33N5O2.HI/c1-3-9-22-19(26)15-24-20(21-4-2)23-14-17-7-5-6-8-18(17)16-25-10-12-27-13-11-25;/h5-8H,3-4,9-16H2,1-2H3,(H,22,26)(H2,21,23,24);1H. The summed E-state index contributed by atoms with van der Waals surface area (Å²) < 4.78 is 5.43. The Balaban J connectivity index is 0.00000392. The van der Waals surface area contributed by atoms with Crippen molar-refractivity contribution in [3.63, 3.8) is 0 Å². The molecule has 1 aliphatic heterocycles. The van der Waals surface area contributed by atoms with Gasteiger partial charge in [0.05, 0.1) is 26.3 Å². The minimum atomic E-state index is -0.0184. The quantitative estimate of drug-likeness (QED) is 0.272. The van der Waals surface area contributed by atoms with E-state index in [0.29, 0.717) is 19.0 Å². The van der Waals surface area contributed by atoms with Crippen LogP contribution in [0.2, 0.25) is 0 Å². The Morgan fingerprint density at radius 3 is 2.50 bits per heavy atom. The third-order valence-electron chi connectivity index (χ3n) is 4.36. The molecule has 0 aliphatic carbocycles. The molecule has 1 saturated heterocycles. The van der Waals surface area contributed by atoms with E-state index in [4.69, 9.17) is 4.74 Å². The third-order valence-corrected chi connectivity index (χ3v) is 4.36. The Labute approximate surface area is 185 Å². The molecule has 2 rings (SSSR count). The van der Waals surface area contributed by atoms with Gasteiger partial charge >= 0.3 is 0 Å². The molecule has 0 saturated carbocycles. The average molecular weight is 503 g/mol. The van der Waals surface area contributed by atoms with E-state index in [-0.39, 0.29) is 36.4 Å². The first-order valence-electron chi connectivity index (χ1n) is 9.88. The van der Waals surface area contributed by atoms with Crippen molar-refractivity contribution < 1.29 is 9.53 Å². The van der Waals surface area contributed by atoms with Gasteiger partial charge in [-0.25, -0.2) is 4.99 Å². The van der Waals surface area contributed by atoms with Gasteiger partial charge in [0.1, 0.15) is 0 Å². The smallest absolute Gasteiger partial charge is 0.239 e. The molecule has 1 amide bonds. The number of morpholine rings is 1.